The van der Waals surface area contributed by atoms with E-state index in [1.807, 2.05) is 0 Å². The zero-order chi connectivity index (χ0) is 14.3. The molecule has 0 aliphatic rings. The van der Waals surface area contributed by atoms with Crippen LogP contribution in [0.2, 0.25) is 0 Å². The van der Waals surface area contributed by atoms with Crippen LogP contribution >= 0.6 is 0 Å². The van der Waals surface area contributed by atoms with Gasteiger partial charge in [0.05, 0.1) is 6.42 Å². The number of amides is 1. The van der Waals surface area contributed by atoms with Crippen LogP contribution in [0.3, 0.4) is 0 Å². The van der Waals surface area contributed by atoms with Gasteiger partial charge in [-0.2, -0.15) is 0 Å². The van der Waals surface area contributed by atoms with Gasteiger partial charge in [-0.3, -0.25) is 9.59 Å². The third-order valence-corrected chi connectivity index (χ3v) is 2.55. The number of carboxylic acids is 1. The van der Waals surface area contributed by atoms with Crippen molar-refractivity contribution in [3.8, 4) is 11.5 Å². The number of carbonyl (C=O) groups excluding carboxylic acids is 1. The molecule has 0 aliphatic heterocycles. The number of benzene rings is 1. The summed E-state index contributed by atoms with van der Waals surface area (Å²) in [6.45, 7) is 2.09. The highest BCUT2D eigenvalue weighted by Crippen LogP contribution is 2.24. The van der Waals surface area contributed by atoms with Crippen LogP contribution in [0.25, 0.3) is 0 Å². The summed E-state index contributed by atoms with van der Waals surface area (Å²) < 4.78 is 5.20. The number of aliphatic carboxylic acids is 1. The summed E-state index contributed by atoms with van der Waals surface area (Å²) in [5.41, 5.74) is 0. The fourth-order valence-corrected chi connectivity index (χ4v) is 1.50. The molecular formula is C13H17NO5. The highest BCUT2D eigenvalue weighted by molar-refractivity contribution is 5.78. The summed E-state index contributed by atoms with van der Waals surface area (Å²) in [6.07, 6.45) is -0.101. The fraction of sp³-hybridized carbons (Fsp3) is 0.385. The lowest BCUT2D eigenvalue weighted by molar-refractivity contribution is -0.139. The molecule has 0 atom stereocenters. The summed E-state index contributed by atoms with van der Waals surface area (Å²) >= 11 is 0. The van der Waals surface area contributed by atoms with Crippen LogP contribution in [0.4, 0.5) is 0 Å². The molecule has 1 aromatic rings. The maximum atomic E-state index is 11.8. The van der Waals surface area contributed by atoms with Crippen LogP contribution in [0.1, 0.15) is 13.3 Å². The Morgan fingerprint density at radius 2 is 2.00 bits per heavy atom. The first-order valence-electron chi connectivity index (χ1n) is 5.95. The first-order chi connectivity index (χ1) is 9.04. The number of hydrogen-bond donors (Lipinski definition) is 2. The van der Waals surface area contributed by atoms with E-state index in [-0.39, 0.29) is 37.0 Å². The Morgan fingerprint density at radius 1 is 1.32 bits per heavy atom. The second-order valence-electron chi connectivity index (χ2n) is 3.87. The highest BCUT2D eigenvalue weighted by atomic mass is 16.5. The second kappa shape index (κ2) is 7.25. The first-order valence-corrected chi connectivity index (χ1v) is 5.95. The minimum atomic E-state index is -0.951. The van der Waals surface area contributed by atoms with Gasteiger partial charge in [-0.15, -0.1) is 0 Å². The molecule has 0 radical (unpaired) electrons. The van der Waals surface area contributed by atoms with Gasteiger partial charge >= 0.3 is 5.97 Å². The van der Waals surface area contributed by atoms with Gasteiger partial charge in [-0.05, 0) is 19.1 Å². The molecule has 1 rings (SSSR count). The van der Waals surface area contributed by atoms with Crippen molar-refractivity contribution in [2.45, 2.75) is 13.3 Å². The molecule has 0 fully saturated rings. The lowest BCUT2D eigenvalue weighted by Gasteiger charge is -2.20. The normalized spacial score (nSPS) is 9.95. The molecule has 0 heterocycles. The predicted octanol–water partition coefficient (Wildman–Crippen LogP) is 1.09. The number of rotatable bonds is 7. The molecule has 2 N–H and O–H groups in total. The number of para-hydroxylation sites is 2. The van der Waals surface area contributed by atoms with E-state index in [4.69, 9.17) is 9.84 Å². The van der Waals surface area contributed by atoms with Crippen molar-refractivity contribution in [3.05, 3.63) is 24.3 Å². The zero-order valence-corrected chi connectivity index (χ0v) is 10.7. The van der Waals surface area contributed by atoms with E-state index in [0.717, 1.165) is 0 Å². The lowest BCUT2D eigenvalue weighted by atomic mass is 10.3. The smallest absolute Gasteiger partial charge is 0.305 e. The molecule has 104 valence electrons. The van der Waals surface area contributed by atoms with Gasteiger partial charge in [-0.1, -0.05) is 12.1 Å². The molecule has 6 heteroatoms. The molecule has 0 saturated carbocycles. The topological polar surface area (TPSA) is 87.1 Å². The third kappa shape index (κ3) is 4.87. The number of phenols is 1. The Balaban J connectivity index is 2.49. The van der Waals surface area contributed by atoms with Crippen molar-refractivity contribution in [3.63, 3.8) is 0 Å². The number of ether oxygens (including phenoxy) is 1. The number of likely N-dealkylation sites (N-methyl/N-ethyl adjacent to an activating group) is 1. The number of aromatic hydroxyl groups is 1. The maximum absolute atomic E-state index is 11.8. The summed E-state index contributed by atoms with van der Waals surface area (Å²) in [5.74, 6) is -1.08. The quantitative estimate of drug-likeness (QED) is 0.772. The number of phenolic OH excluding ortho intramolecular Hbond substituents is 1. The predicted molar refractivity (Wildman–Crippen MR) is 68.1 cm³/mol. The number of carboxylic acid groups (broad SMARTS) is 1. The van der Waals surface area contributed by atoms with Crippen molar-refractivity contribution < 1.29 is 24.5 Å². The van der Waals surface area contributed by atoms with Crippen molar-refractivity contribution in [1.82, 2.24) is 4.90 Å². The van der Waals surface area contributed by atoms with E-state index in [0.29, 0.717) is 6.54 Å². The Bertz CT molecular complexity index is 446. The largest absolute Gasteiger partial charge is 0.504 e. The van der Waals surface area contributed by atoms with Crippen molar-refractivity contribution in [2.24, 2.45) is 0 Å². The van der Waals surface area contributed by atoms with E-state index < -0.39 is 5.97 Å². The van der Waals surface area contributed by atoms with Gasteiger partial charge in [0.2, 0.25) is 0 Å². The monoisotopic (exact) mass is 267 g/mol. The molecule has 1 amide bonds. The highest BCUT2D eigenvalue weighted by Gasteiger charge is 2.14. The van der Waals surface area contributed by atoms with Crippen LogP contribution in [-0.4, -0.2) is 46.7 Å². The molecule has 0 spiro atoms. The van der Waals surface area contributed by atoms with E-state index >= 15 is 0 Å². The molecular weight excluding hydrogens is 250 g/mol. The molecule has 1 aromatic carbocycles. The molecule has 0 saturated heterocycles. The van der Waals surface area contributed by atoms with Crippen LogP contribution in [-0.2, 0) is 9.59 Å². The van der Waals surface area contributed by atoms with Crippen LogP contribution in [0.15, 0.2) is 24.3 Å². The van der Waals surface area contributed by atoms with Gasteiger partial charge in [-0.25, -0.2) is 0 Å². The average molecular weight is 267 g/mol. The SMILES string of the molecule is CCN(CCC(=O)O)C(=O)COc1ccccc1O. The van der Waals surface area contributed by atoms with E-state index in [1.165, 1.54) is 11.0 Å². The Kier molecular flexibility index (Phi) is 5.66. The van der Waals surface area contributed by atoms with Crippen molar-refractivity contribution in [1.29, 1.82) is 0 Å². The second-order valence-corrected chi connectivity index (χ2v) is 3.87. The Hall–Kier alpha value is -2.24. The van der Waals surface area contributed by atoms with Gasteiger partial charge in [0.1, 0.15) is 0 Å². The Labute approximate surface area is 111 Å². The van der Waals surface area contributed by atoms with Gasteiger partial charge in [0.15, 0.2) is 18.1 Å². The average Bonchev–Trinajstić information content (AvgIpc) is 2.38. The number of nitrogens with zero attached hydrogens (tertiary/aromatic N) is 1. The lowest BCUT2D eigenvalue weighted by Crippen LogP contribution is -2.36. The summed E-state index contributed by atoms with van der Waals surface area (Å²) in [7, 11) is 0. The van der Waals surface area contributed by atoms with Gasteiger partial charge in [0, 0.05) is 13.1 Å². The van der Waals surface area contributed by atoms with E-state index in [9.17, 15) is 14.7 Å². The first kappa shape index (κ1) is 14.8. The van der Waals surface area contributed by atoms with Gasteiger partial charge < -0.3 is 19.8 Å². The summed E-state index contributed by atoms with van der Waals surface area (Å²) in [4.78, 5) is 23.7. The number of carbonyl (C=O) groups is 2. The molecule has 6 nitrogen and oxygen atoms in total. The number of hydrogen-bond acceptors (Lipinski definition) is 4. The van der Waals surface area contributed by atoms with Crippen molar-refractivity contribution in [2.75, 3.05) is 19.7 Å². The standard InChI is InChI=1S/C13H17NO5/c1-2-14(8-7-13(17)18)12(16)9-19-11-6-4-3-5-10(11)15/h3-6,15H,2,7-9H2,1H3,(H,17,18). The molecule has 19 heavy (non-hydrogen) atoms. The van der Waals surface area contributed by atoms with Crippen LogP contribution < -0.4 is 4.74 Å². The Morgan fingerprint density at radius 3 is 2.58 bits per heavy atom. The minimum absolute atomic E-state index is 0.0381. The molecule has 0 aromatic heterocycles. The third-order valence-electron chi connectivity index (χ3n) is 2.55. The molecule has 0 bridgehead atoms. The van der Waals surface area contributed by atoms with E-state index in [2.05, 4.69) is 0 Å². The maximum Gasteiger partial charge on any atom is 0.305 e. The van der Waals surface area contributed by atoms with Crippen LogP contribution in [0.5, 0.6) is 11.5 Å². The minimum Gasteiger partial charge on any atom is -0.504 e. The summed E-state index contributed by atoms with van der Waals surface area (Å²) in [6, 6.07) is 6.34. The van der Waals surface area contributed by atoms with Crippen molar-refractivity contribution >= 4 is 11.9 Å². The molecule has 0 aliphatic carbocycles. The fourth-order valence-electron chi connectivity index (χ4n) is 1.50. The van der Waals surface area contributed by atoms with Crippen LogP contribution in [0, 0.1) is 0 Å². The van der Waals surface area contributed by atoms with Gasteiger partial charge in [0.25, 0.3) is 5.91 Å². The van der Waals surface area contributed by atoms with E-state index in [1.54, 1.807) is 25.1 Å². The summed E-state index contributed by atoms with van der Waals surface area (Å²) in [5, 5.41) is 18.0. The zero-order valence-electron chi connectivity index (χ0n) is 10.7. The molecule has 0 unspecified atom stereocenters.